The van der Waals surface area contributed by atoms with Gasteiger partial charge in [-0.2, -0.15) is 5.10 Å². The van der Waals surface area contributed by atoms with Crippen LogP contribution in [0, 0.1) is 0 Å². The van der Waals surface area contributed by atoms with Crippen LogP contribution >= 0.6 is 0 Å². The third-order valence-electron chi connectivity index (χ3n) is 1.88. The number of carbonyl (C=O) groups is 1. The number of fused-ring (bicyclic) bond motifs is 1. The molecule has 0 saturated heterocycles. The average molecular weight is 151 g/mol. The highest BCUT2D eigenvalue weighted by molar-refractivity contribution is 5.93. The highest BCUT2D eigenvalue weighted by Gasteiger charge is 2.21. The molecule has 4 nitrogen and oxygen atoms in total. The molecule has 58 valence electrons. The van der Waals surface area contributed by atoms with Gasteiger partial charge in [-0.1, -0.05) is 0 Å². The number of carbonyl (C=O) groups excluding carboxylic acids is 1. The van der Waals surface area contributed by atoms with E-state index in [1.165, 1.54) is 0 Å². The molecule has 1 N–H and O–H groups in total. The van der Waals surface area contributed by atoms with Gasteiger partial charge in [0.2, 0.25) is 0 Å². The molecule has 11 heavy (non-hydrogen) atoms. The minimum absolute atomic E-state index is 0.0272. The number of hydrogen-bond donors (Lipinski definition) is 1. The molecular formula is C7H9N3O. The second kappa shape index (κ2) is 2.08. The topological polar surface area (TPSA) is 46.9 Å². The summed E-state index contributed by atoms with van der Waals surface area (Å²) in [4.78, 5) is 11.1. The van der Waals surface area contributed by atoms with Crippen molar-refractivity contribution < 1.29 is 4.79 Å². The van der Waals surface area contributed by atoms with Crippen LogP contribution in [-0.2, 0) is 0 Å². The molecule has 2 rings (SSSR count). The van der Waals surface area contributed by atoms with Gasteiger partial charge in [0.15, 0.2) is 0 Å². The summed E-state index contributed by atoms with van der Waals surface area (Å²) in [5.41, 5.74) is 0.656. The van der Waals surface area contributed by atoms with Crippen molar-refractivity contribution in [2.75, 3.05) is 6.54 Å². The van der Waals surface area contributed by atoms with Crippen LogP contribution < -0.4 is 5.32 Å². The molecule has 1 aliphatic heterocycles. The molecule has 2 heterocycles. The summed E-state index contributed by atoms with van der Waals surface area (Å²) >= 11 is 0. The predicted octanol–water partition coefficient (Wildman–Crippen LogP) is 0.188. The second-order valence-electron chi connectivity index (χ2n) is 2.72. The van der Waals surface area contributed by atoms with Gasteiger partial charge < -0.3 is 5.32 Å². The van der Waals surface area contributed by atoms with Gasteiger partial charge in [0.05, 0.1) is 6.04 Å². The third kappa shape index (κ3) is 0.824. The molecule has 4 heteroatoms. The van der Waals surface area contributed by atoms with Crippen LogP contribution in [-0.4, -0.2) is 22.2 Å². The van der Waals surface area contributed by atoms with Crippen LogP contribution in [0.15, 0.2) is 12.3 Å². The Bertz CT molecular complexity index is 292. The zero-order chi connectivity index (χ0) is 7.84. The molecule has 0 aromatic carbocycles. The molecule has 0 fully saturated rings. The maximum absolute atomic E-state index is 11.1. The lowest BCUT2D eigenvalue weighted by molar-refractivity contribution is 0.0912. The largest absolute Gasteiger partial charge is 0.349 e. The van der Waals surface area contributed by atoms with E-state index in [0.29, 0.717) is 12.2 Å². The number of hydrogen-bond acceptors (Lipinski definition) is 2. The molecule has 0 saturated carbocycles. The number of nitrogens with one attached hydrogen (secondary N) is 1. The summed E-state index contributed by atoms with van der Waals surface area (Å²) in [6.07, 6.45) is 1.65. The van der Waals surface area contributed by atoms with E-state index < -0.39 is 0 Å². The van der Waals surface area contributed by atoms with Crippen molar-refractivity contribution in [3.63, 3.8) is 0 Å². The summed E-state index contributed by atoms with van der Waals surface area (Å²) in [5, 5.41) is 6.82. The second-order valence-corrected chi connectivity index (χ2v) is 2.72. The van der Waals surface area contributed by atoms with Crippen molar-refractivity contribution in [3.05, 3.63) is 18.0 Å². The smallest absolute Gasteiger partial charge is 0.269 e. The van der Waals surface area contributed by atoms with Crippen LogP contribution in [0.5, 0.6) is 0 Å². The van der Waals surface area contributed by atoms with Crippen LogP contribution in [0.1, 0.15) is 23.5 Å². The van der Waals surface area contributed by atoms with Crippen molar-refractivity contribution in [1.82, 2.24) is 15.1 Å². The van der Waals surface area contributed by atoms with E-state index in [9.17, 15) is 4.79 Å². The summed E-state index contributed by atoms with van der Waals surface area (Å²) in [5.74, 6) is -0.0272. The zero-order valence-electron chi connectivity index (χ0n) is 6.24. The zero-order valence-corrected chi connectivity index (χ0v) is 6.24. The van der Waals surface area contributed by atoms with Crippen LogP contribution in [0.25, 0.3) is 0 Å². The van der Waals surface area contributed by atoms with E-state index in [1.807, 2.05) is 6.92 Å². The first-order chi connectivity index (χ1) is 5.29. The van der Waals surface area contributed by atoms with Crippen molar-refractivity contribution in [2.24, 2.45) is 0 Å². The minimum atomic E-state index is -0.0272. The number of nitrogens with zero attached hydrogens (tertiary/aromatic N) is 2. The Morgan fingerprint density at radius 3 is 3.36 bits per heavy atom. The van der Waals surface area contributed by atoms with E-state index in [0.717, 1.165) is 0 Å². The summed E-state index contributed by atoms with van der Waals surface area (Å²) in [6.45, 7) is 2.70. The molecule has 0 aliphatic carbocycles. The van der Waals surface area contributed by atoms with Crippen molar-refractivity contribution in [3.8, 4) is 0 Å². The Hall–Kier alpha value is -1.32. The van der Waals surface area contributed by atoms with E-state index in [1.54, 1.807) is 16.9 Å². The van der Waals surface area contributed by atoms with Crippen LogP contribution in [0.4, 0.5) is 0 Å². The summed E-state index contributed by atoms with van der Waals surface area (Å²) in [6, 6.07) is 2.00. The Morgan fingerprint density at radius 1 is 1.82 bits per heavy atom. The molecule has 1 atom stereocenters. The minimum Gasteiger partial charge on any atom is -0.349 e. The average Bonchev–Trinajstić information content (AvgIpc) is 2.45. The maximum atomic E-state index is 11.1. The molecular weight excluding hydrogens is 142 g/mol. The molecule has 0 unspecified atom stereocenters. The first-order valence-electron chi connectivity index (χ1n) is 3.61. The van der Waals surface area contributed by atoms with Gasteiger partial charge in [-0.3, -0.25) is 9.48 Å². The van der Waals surface area contributed by atoms with E-state index in [4.69, 9.17) is 0 Å². The number of aromatic nitrogens is 2. The quantitative estimate of drug-likeness (QED) is 0.575. The fourth-order valence-corrected chi connectivity index (χ4v) is 1.26. The van der Waals surface area contributed by atoms with E-state index in [2.05, 4.69) is 10.4 Å². The Labute approximate surface area is 64.2 Å². The highest BCUT2D eigenvalue weighted by Crippen LogP contribution is 2.11. The first-order valence-corrected chi connectivity index (χ1v) is 3.61. The molecule has 1 aromatic rings. The Balaban J connectivity index is 2.51. The lowest BCUT2D eigenvalue weighted by atomic mass is 10.2. The molecule has 1 aliphatic rings. The van der Waals surface area contributed by atoms with Gasteiger partial charge in [0.1, 0.15) is 5.69 Å². The molecule has 1 aromatic heterocycles. The fourth-order valence-electron chi connectivity index (χ4n) is 1.26. The lowest BCUT2D eigenvalue weighted by Gasteiger charge is -2.20. The van der Waals surface area contributed by atoms with Crippen LogP contribution in [0.3, 0.4) is 0 Å². The van der Waals surface area contributed by atoms with Crippen molar-refractivity contribution >= 4 is 5.91 Å². The number of amides is 1. The molecule has 0 spiro atoms. The standard InChI is InChI=1S/C7H9N3O/c1-5-4-8-7(11)6-2-3-9-10(5)6/h2-3,5H,4H2,1H3,(H,8,11)/t5-/m1/s1. The number of rotatable bonds is 0. The van der Waals surface area contributed by atoms with Crippen molar-refractivity contribution in [2.45, 2.75) is 13.0 Å². The normalized spacial score (nSPS) is 22.6. The van der Waals surface area contributed by atoms with Gasteiger partial charge in [0, 0.05) is 12.7 Å². The fraction of sp³-hybridized carbons (Fsp3) is 0.429. The van der Waals surface area contributed by atoms with Crippen molar-refractivity contribution in [1.29, 1.82) is 0 Å². The van der Waals surface area contributed by atoms with Gasteiger partial charge >= 0.3 is 0 Å². The molecule has 1 amide bonds. The monoisotopic (exact) mass is 151 g/mol. The van der Waals surface area contributed by atoms with Gasteiger partial charge in [-0.25, -0.2) is 0 Å². The first kappa shape index (κ1) is 6.39. The molecule has 0 bridgehead atoms. The Kier molecular flexibility index (Phi) is 1.21. The summed E-state index contributed by atoms with van der Waals surface area (Å²) < 4.78 is 1.75. The van der Waals surface area contributed by atoms with Gasteiger partial charge in [-0.05, 0) is 13.0 Å². The van der Waals surface area contributed by atoms with E-state index in [-0.39, 0.29) is 11.9 Å². The van der Waals surface area contributed by atoms with Gasteiger partial charge in [0.25, 0.3) is 5.91 Å². The SMILES string of the molecule is C[C@@H]1CNC(=O)c2ccnn21. The van der Waals surface area contributed by atoms with Gasteiger partial charge in [-0.15, -0.1) is 0 Å². The third-order valence-corrected chi connectivity index (χ3v) is 1.88. The lowest BCUT2D eigenvalue weighted by Crippen LogP contribution is -2.37. The summed E-state index contributed by atoms with van der Waals surface area (Å²) in [7, 11) is 0. The van der Waals surface area contributed by atoms with Crippen LogP contribution in [0.2, 0.25) is 0 Å². The predicted molar refractivity (Wildman–Crippen MR) is 39.3 cm³/mol. The maximum Gasteiger partial charge on any atom is 0.269 e. The Morgan fingerprint density at radius 2 is 2.64 bits per heavy atom. The van der Waals surface area contributed by atoms with E-state index >= 15 is 0 Å². The molecule has 0 radical (unpaired) electrons. The highest BCUT2D eigenvalue weighted by atomic mass is 16.2.